The summed E-state index contributed by atoms with van der Waals surface area (Å²) in [5.74, 6) is 1.10. The van der Waals surface area contributed by atoms with Crippen LogP contribution in [0.3, 0.4) is 0 Å². The van der Waals surface area contributed by atoms with Crippen LogP contribution in [0, 0.1) is 0 Å². The maximum atomic E-state index is 4.43. The SMILES string of the molecule is CCC(C)N1CCNc2cccnc21. The maximum absolute atomic E-state index is 4.43. The molecule has 1 unspecified atom stereocenters. The summed E-state index contributed by atoms with van der Waals surface area (Å²) in [5.41, 5.74) is 1.17. The van der Waals surface area contributed by atoms with Gasteiger partial charge in [-0.05, 0) is 25.5 Å². The number of anilines is 2. The zero-order chi connectivity index (χ0) is 9.97. The molecule has 0 radical (unpaired) electrons. The van der Waals surface area contributed by atoms with Gasteiger partial charge in [-0.15, -0.1) is 0 Å². The number of hydrogen-bond donors (Lipinski definition) is 1. The number of fused-ring (bicyclic) bond motifs is 1. The number of nitrogens with one attached hydrogen (secondary N) is 1. The molecule has 3 nitrogen and oxygen atoms in total. The minimum Gasteiger partial charge on any atom is -0.380 e. The van der Waals surface area contributed by atoms with Crippen molar-refractivity contribution in [2.75, 3.05) is 23.3 Å². The van der Waals surface area contributed by atoms with Gasteiger partial charge < -0.3 is 10.2 Å². The summed E-state index contributed by atoms with van der Waals surface area (Å²) in [6, 6.07) is 4.65. The smallest absolute Gasteiger partial charge is 0.152 e. The number of pyridine rings is 1. The fourth-order valence-electron chi connectivity index (χ4n) is 1.83. The Labute approximate surface area is 85.1 Å². The Morgan fingerprint density at radius 1 is 1.64 bits per heavy atom. The lowest BCUT2D eigenvalue weighted by Crippen LogP contribution is -2.40. The van der Waals surface area contributed by atoms with Gasteiger partial charge in [-0.1, -0.05) is 6.92 Å². The van der Waals surface area contributed by atoms with Crippen LogP contribution in [0.15, 0.2) is 18.3 Å². The van der Waals surface area contributed by atoms with Crippen LogP contribution in [-0.2, 0) is 0 Å². The molecule has 0 spiro atoms. The average Bonchev–Trinajstić information content (AvgIpc) is 2.27. The molecule has 0 aliphatic carbocycles. The summed E-state index contributed by atoms with van der Waals surface area (Å²) in [6.07, 6.45) is 3.03. The molecule has 1 aliphatic heterocycles. The van der Waals surface area contributed by atoms with Gasteiger partial charge in [0.2, 0.25) is 0 Å². The molecule has 0 fully saturated rings. The first-order valence-electron chi connectivity index (χ1n) is 5.28. The maximum Gasteiger partial charge on any atom is 0.152 e. The molecular formula is C11H17N3. The van der Waals surface area contributed by atoms with E-state index < -0.39 is 0 Å². The summed E-state index contributed by atoms with van der Waals surface area (Å²) in [4.78, 5) is 6.81. The van der Waals surface area contributed by atoms with E-state index in [-0.39, 0.29) is 0 Å². The van der Waals surface area contributed by atoms with Gasteiger partial charge in [0.15, 0.2) is 5.82 Å². The van der Waals surface area contributed by atoms with Crippen LogP contribution in [0.1, 0.15) is 20.3 Å². The van der Waals surface area contributed by atoms with Crippen LogP contribution in [0.5, 0.6) is 0 Å². The van der Waals surface area contributed by atoms with Crippen molar-refractivity contribution < 1.29 is 0 Å². The molecule has 2 rings (SSSR count). The molecule has 2 heterocycles. The average molecular weight is 191 g/mol. The zero-order valence-corrected chi connectivity index (χ0v) is 8.83. The predicted molar refractivity (Wildman–Crippen MR) is 59.8 cm³/mol. The summed E-state index contributed by atoms with van der Waals surface area (Å²) in [6.45, 7) is 6.54. The highest BCUT2D eigenvalue weighted by atomic mass is 15.3. The molecule has 0 bridgehead atoms. The summed E-state index contributed by atoms with van der Waals surface area (Å²) in [7, 11) is 0. The minimum absolute atomic E-state index is 0.575. The van der Waals surface area contributed by atoms with Crippen LogP contribution in [0.25, 0.3) is 0 Å². The molecule has 3 heteroatoms. The van der Waals surface area contributed by atoms with Crippen molar-refractivity contribution in [3.05, 3.63) is 18.3 Å². The van der Waals surface area contributed by atoms with Crippen LogP contribution in [0.2, 0.25) is 0 Å². The van der Waals surface area contributed by atoms with Gasteiger partial charge in [-0.25, -0.2) is 4.98 Å². The lowest BCUT2D eigenvalue weighted by Gasteiger charge is -2.35. The van der Waals surface area contributed by atoms with Gasteiger partial charge in [0, 0.05) is 25.3 Å². The summed E-state index contributed by atoms with van der Waals surface area (Å²) in [5, 5.41) is 3.37. The highest BCUT2D eigenvalue weighted by Crippen LogP contribution is 2.27. The molecule has 1 aromatic heterocycles. The normalized spacial score (nSPS) is 17.1. The third kappa shape index (κ3) is 1.54. The van der Waals surface area contributed by atoms with Crippen molar-refractivity contribution in [3.63, 3.8) is 0 Å². The molecule has 0 amide bonds. The van der Waals surface area contributed by atoms with Crippen LogP contribution in [0.4, 0.5) is 11.5 Å². The predicted octanol–water partition coefficient (Wildman–Crippen LogP) is 2.11. The number of hydrogen-bond acceptors (Lipinski definition) is 3. The van der Waals surface area contributed by atoms with E-state index in [0.717, 1.165) is 25.3 Å². The molecule has 1 aliphatic rings. The lowest BCUT2D eigenvalue weighted by atomic mass is 10.2. The summed E-state index contributed by atoms with van der Waals surface area (Å²) >= 11 is 0. The third-order valence-electron chi connectivity index (χ3n) is 2.85. The second-order valence-corrected chi connectivity index (χ2v) is 3.75. The number of rotatable bonds is 2. The van der Waals surface area contributed by atoms with Crippen molar-refractivity contribution in [2.24, 2.45) is 0 Å². The Morgan fingerprint density at radius 2 is 2.50 bits per heavy atom. The van der Waals surface area contributed by atoms with E-state index in [0.29, 0.717) is 6.04 Å². The van der Waals surface area contributed by atoms with Gasteiger partial charge in [0.25, 0.3) is 0 Å². The van der Waals surface area contributed by atoms with Gasteiger partial charge in [0.1, 0.15) is 0 Å². The first-order chi connectivity index (χ1) is 6.83. The van der Waals surface area contributed by atoms with Crippen molar-refractivity contribution in [1.82, 2.24) is 4.98 Å². The fraction of sp³-hybridized carbons (Fsp3) is 0.545. The van der Waals surface area contributed by atoms with Gasteiger partial charge >= 0.3 is 0 Å². The second-order valence-electron chi connectivity index (χ2n) is 3.75. The molecule has 0 aromatic carbocycles. The Bertz CT molecular complexity index is 311. The highest BCUT2D eigenvalue weighted by Gasteiger charge is 2.20. The number of nitrogens with zero attached hydrogens (tertiary/aromatic N) is 2. The molecular weight excluding hydrogens is 174 g/mol. The first kappa shape index (κ1) is 9.31. The van der Waals surface area contributed by atoms with Crippen molar-refractivity contribution in [1.29, 1.82) is 0 Å². The fourth-order valence-corrected chi connectivity index (χ4v) is 1.83. The van der Waals surface area contributed by atoms with Gasteiger partial charge in [0.05, 0.1) is 5.69 Å². The van der Waals surface area contributed by atoms with E-state index in [1.54, 1.807) is 0 Å². The van der Waals surface area contributed by atoms with E-state index in [9.17, 15) is 0 Å². The first-order valence-corrected chi connectivity index (χ1v) is 5.28. The van der Waals surface area contributed by atoms with E-state index in [1.807, 2.05) is 12.3 Å². The number of aromatic nitrogens is 1. The van der Waals surface area contributed by atoms with Gasteiger partial charge in [-0.2, -0.15) is 0 Å². The van der Waals surface area contributed by atoms with E-state index in [4.69, 9.17) is 0 Å². The molecule has 0 saturated carbocycles. The topological polar surface area (TPSA) is 28.2 Å². The van der Waals surface area contributed by atoms with Gasteiger partial charge in [-0.3, -0.25) is 0 Å². The largest absolute Gasteiger partial charge is 0.380 e. The minimum atomic E-state index is 0.575. The third-order valence-corrected chi connectivity index (χ3v) is 2.85. The lowest BCUT2D eigenvalue weighted by molar-refractivity contribution is 0.609. The van der Waals surface area contributed by atoms with E-state index >= 15 is 0 Å². The molecule has 14 heavy (non-hydrogen) atoms. The molecule has 1 N–H and O–H groups in total. The Balaban J connectivity index is 2.30. The van der Waals surface area contributed by atoms with E-state index in [2.05, 4.69) is 35.1 Å². The quantitative estimate of drug-likeness (QED) is 0.776. The second kappa shape index (κ2) is 3.86. The Morgan fingerprint density at radius 3 is 3.29 bits per heavy atom. The van der Waals surface area contributed by atoms with E-state index in [1.165, 1.54) is 5.69 Å². The molecule has 1 aromatic rings. The monoisotopic (exact) mass is 191 g/mol. The molecule has 0 saturated heterocycles. The van der Waals surface area contributed by atoms with Crippen molar-refractivity contribution in [2.45, 2.75) is 26.3 Å². The van der Waals surface area contributed by atoms with Crippen LogP contribution < -0.4 is 10.2 Å². The molecule has 76 valence electrons. The van der Waals surface area contributed by atoms with Crippen LogP contribution in [-0.4, -0.2) is 24.1 Å². The highest BCUT2D eigenvalue weighted by molar-refractivity contribution is 5.67. The standard InChI is InChI=1S/C11H17N3/c1-3-9(2)14-8-7-12-10-5-4-6-13-11(10)14/h4-6,9,12H,3,7-8H2,1-2H3. The van der Waals surface area contributed by atoms with Crippen LogP contribution >= 0.6 is 0 Å². The zero-order valence-electron chi connectivity index (χ0n) is 8.83. The Kier molecular flexibility index (Phi) is 2.57. The summed E-state index contributed by atoms with van der Waals surface area (Å²) < 4.78 is 0. The van der Waals surface area contributed by atoms with Crippen molar-refractivity contribution in [3.8, 4) is 0 Å². The Hall–Kier alpha value is -1.25. The molecule has 1 atom stereocenters. The van der Waals surface area contributed by atoms with Crippen molar-refractivity contribution >= 4 is 11.5 Å².